The van der Waals surface area contributed by atoms with Crippen molar-refractivity contribution >= 4 is 23.2 Å². The van der Waals surface area contributed by atoms with Gasteiger partial charge in [-0.3, -0.25) is 4.79 Å². The Morgan fingerprint density at radius 1 is 1.24 bits per heavy atom. The van der Waals surface area contributed by atoms with Crippen molar-refractivity contribution in [3.05, 3.63) is 64.2 Å². The molecule has 0 aliphatic carbocycles. The van der Waals surface area contributed by atoms with Crippen molar-refractivity contribution < 1.29 is 4.79 Å². The third-order valence-electron chi connectivity index (χ3n) is 3.84. The Balaban J connectivity index is 1.70. The number of amides is 1. The zero-order valence-corrected chi connectivity index (χ0v) is 12.6. The number of anilines is 1. The van der Waals surface area contributed by atoms with Crippen molar-refractivity contribution in [2.45, 2.75) is 25.9 Å². The van der Waals surface area contributed by atoms with Gasteiger partial charge in [-0.2, -0.15) is 0 Å². The molecule has 0 bridgehead atoms. The summed E-state index contributed by atoms with van der Waals surface area (Å²) in [5, 5.41) is 6.86. The number of carbonyl (C=O) groups excluding carboxylic acids is 1. The third kappa shape index (κ3) is 3.09. The van der Waals surface area contributed by atoms with Gasteiger partial charge in [-0.25, -0.2) is 0 Å². The minimum absolute atomic E-state index is 0.0237. The van der Waals surface area contributed by atoms with Gasteiger partial charge in [0.25, 0.3) is 0 Å². The molecule has 2 aromatic rings. The standard InChI is InChI=1S/C17H17ClN2O/c1-11-6-7-14(9-15(11)18)20-17(21)16-8-12-4-2-3-5-13(12)10-19-16/h2-7,9,16,19H,8,10H2,1H3,(H,20,21)/t16-/m1/s1. The second-order valence-corrected chi connectivity index (χ2v) is 5.77. The molecule has 1 aliphatic heterocycles. The van der Waals surface area contributed by atoms with Crippen LogP contribution < -0.4 is 10.6 Å². The largest absolute Gasteiger partial charge is 0.325 e. The second kappa shape index (κ2) is 5.88. The van der Waals surface area contributed by atoms with Gasteiger partial charge in [0, 0.05) is 17.3 Å². The molecule has 4 heteroatoms. The average Bonchev–Trinajstić information content (AvgIpc) is 2.50. The average molecular weight is 301 g/mol. The molecule has 3 nitrogen and oxygen atoms in total. The molecule has 1 atom stereocenters. The molecule has 2 aromatic carbocycles. The summed E-state index contributed by atoms with van der Waals surface area (Å²) in [6.07, 6.45) is 0.710. The van der Waals surface area contributed by atoms with Crippen molar-refractivity contribution in [3.63, 3.8) is 0 Å². The zero-order valence-electron chi connectivity index (χ0n) is 11.8. The lowest BCUT2D eigenvalue weighted by molar-refractivity contribution is -0.118. The number of hydrogen-bond donors (Lipinski definition) is 2. The van der Waals surface area contributed by atoms with Crippen molar-refractivity contribution in [1.82, 2.24) is 5.32 Å². The minimum Gasteiger partial charge on any atom is -0.325 e. The van der Waals surface area contributed by atoms with Crippen LogP contribution in [0.25, 0.3) is 0 Å². The van der Waals surface area contributed by atoms with Gasteiger partial charge in [0.15, 0.2) is 0 Å². The van der Waals surface area contributed by atoms with Crippen LogP contribution in [0.3, 0.4) is 0 Å². The molecule has 2 N–H and O–H groups in total. The van der Waals surface area contributed by atoms with Crippen LogP contribution in [-0.4, -0.2) is 11.9 Å². The number of nitrogens with one attached hydrogen (secondary N) is 2. The number of hydrogen-bond acceptors (Lipinski definition) is 2. The summed E-state index contributed by atoms with van der Waals surface area (Å²) in [5.41, 5.74) is 4.23. The monoisotopic (exact) mass is 300 g/mol. The summed E-state index contributed by atoms with van der Waals surface area (Å²) >= 11 is 6.08. The highest BCUT2D eigenvalue weighted by Gasteiger charge is 2.23. The fraction of sp³-hybridized carbons (Fsp3) is 0.235. The van der Waals surface area contributed by atoms with Crippen LogP contribution in [0.4, 0.5) is 5.69 Å². The Hall–Kier alpha value is -1.84. The molecular formula is C17H17ClN2O. The molecule has 0 unspecified atom stereocenters. The van der Waals surface area contributed by atoms with E-state index in [1.54, 1.807) is 6.07 Å². The summed E-state index contributed by atoms with van der Waals surface area (Å²) < 4.78 is 0. The predicted octanol–water partition coefficient (Wildman–Crippen LogP) is 3.30. The van der Waals surface area contributed by atoms with Crippen LogP contribution >= 0.6 is 11.6 Å². The van der Waals surface area contributed by atoms with Crippen LogP contribution in [0, 0.1) is 6.92 Å². The van der Waals surface area contributed by atoms with Gasteiger partial charge in [-0.1, -0.05) is 41.9 Å². The molecule has 0 saturated heterocycles. The Labute approximate surface area is 129 Å². The van der Waals surface area contributed by atoms with Crippen molar-refractivity contribution in [2.24, 2.45) is 0 Å². The first kappa shape index (κ1) is 14.1. The maximum Gasteiger partial charge on any atom is 0.241 e. The lowest BCUT2D eigenvalue weighted by Crippen LogP contribution is -2.44. The minimum atomic E-state index is -0.208. The van der Waals surface area contributed by atoms with Crippen molar-refractivity contribution in [2.75, 3.05) is 5.32 Å². The first-order valence-corrected chi connectivity index (χ1v) is 7.38. The maximum absolute atomic E-state index is 12.4. The van der Waals surface area contributed by atoms with Crippen LogP contribution in [0.15, 0.2) is 42.5 Å². The molecule has 0 aromatic heterocycles. The second-order valence-electron chi connectivity index (χ2n) is 5.36. The number of fused-ring (bicyclic) bond motifs is 1. The zero-order chi connectivity index (χ0) is 14.8. The van der Waals surface area contributed by atoms with Crippen LogP contribution in [0.5, 0.6) is 0 Å². The predicted molar refractivity (Wildman–Crippen MR) is 85.6 cm³/mol. The lowest BCUT2D eigenvalue weighted by atomic mass is 9.95. The number of aryl methyl sites for hydroxylation is 1. The first-order chi connectivity index (χ1) is 10.1. The van der Waals surface area contributed by atoms with Crippen molar-refractivity contribution in [3.8, 4) is 0 Å². The van der Waals surface area contributed by atoms with E-state index in [2.05, 4.69) is 22.8 Å². The van der Waals surface area contributed by atoms with Crippen LogP contribution in [0.1, 0.15) is 16.7 Å². The van der Waals surface area contributed by atoms with Gasteiger partial charge >= 0.3 is 0 Å². The molecule has 108 valence electrons. The van der Waals surface area contributed by atoms with Gasteiger partial charge in [0.2, 0.25) is 5.91 Å². The quantitative estimate of drug-likeness (QED) is 0.893. The normalized spacial score (nSPS) is 17.1. The van der Waals surface area contributed by atoms with Gasteiger partial charge in [-0.05, 0) is 42.2 Å². The van der Waals surface area contributed by atoms with Gasteiger partial charge in [0.05, 0.1) is 6.04 Å². The fourth-order valence-electron chi connectivity index (χ4n) is 2.54. The van der Waals surface area contributed by atoms with E-state index in [1.807, 2.05) is 31.2 Å². The summed E-state index contributed by atoms with van der Waals surface area (Å²) in [6.45, 7) is 2.66. The molecular weight excluding hydrogens is 284 g/mol. The van der Waals surface area contributed by atoms with Gasteiger partial charge < -0.3 is 10.6 Å². The molecule has 1 amide bonds. The van der Waals surface area contributed by atoms with E-state index in [1.165, 1.54) is 11.1 Å². The Morgan fingerprint density at radius 3 is 2.76 bits per heavy atom. The first-order valence-electron chi connectivity index (χ1n) is 7.00. The number of carbonyl (C=O) groups is 1. The fourth-order valence-corrected chi connectivity index (χ4v) is 2.72. The Bertz CT molecular complexity index is 684. The molecule has 0 spiro atoms. The highest BCUT2D eigenvalue weighted by atomic mass is 35.5. The summed E-state index contributed by atoms with van der Waals surface area (Å²) in [5.74, 6) is -0.0237. The SMILES string of the molecule is Cc1ccc(NC(=O)[C@H]2Cc3ccccc3CN2)cc1Cl. The van der Waals surface area contributed by atoms with Gasteiger partial charge in [0.1, 0.15) is 0 Å². The van der Waals surface area contributed by atoms with E-state index < -0.39 is 0 Å². The number of rotatable bonds is 2. The van der Waals surface area contributed by atoms with E-state index in [9.17, 15) is 4.79 Å². The summed E-state index contributed by atoms with van der Waals surface area (Å²) in [4.78, 5) is 12.4. The highest BCUT2D eigenvalue weighted by molar-refractivity contribution is 6.31. The third-order valence-corrected chi connectivity index (χ3v) is 4.24. The molecule has 1 aliphatic rings. The molecule has 0 saturated carbocycles. The van der Waals surface area contributed by atoms with E-state index in [-0.39, 0.29) is 11.9 Å². The van der Waals surface area contributed by atoms with Crippen molar-refractivity contribution in [1.29, 1.82) is 0 Å². The van der Waals surface area contributed by atoms with E-state index >= 15 is 0 Å². The van der Waals surface area contributed by atoms with Crippen LogP contribution in [0.2, 0.25) is 5.02 Å². The number of benzene rings is 2. The smallest absolute Gasteiger partial charge is 0.241 e. The lowest BCUT2D eigenvalue weighted by Gasteiger charge is -2.25. The van der Waals surface area contributed by atoms with Crippen LogP contribution in [-0.2, 0) is 17.8 Å². The molecule has 21 heavy (non-hydrogen) atoms. The Kier molecular flexibility index (Phi) is 3.95. The molecule has 3 rings (SSSR count). The molecule has 1 heterocycles. The summed E-state index contributed by atoms with van der Waals surface area (Å²) in [6, 6.07) is 13.6. The molecule has 0 radical (unpaired) electrons. The highest BCUT2D eigenvalue weighted by Crippen LogP contribution is 2.21. The van der Waals surface area contributed by atoms with E-state index in [4.69, 9.17) is 11.6 Å². The van der Waals surface area contributed by atoms with E-state index in [0.29, 0.717) is 11.4 Å². The number of halogens is 1. The maximum atomic E-state index is 12.4. The summed E-state index contributed by atoms with van der Waals surface area (Å²) in [7, 11) is 0. The molecule has 0 fully saturated rings. The Morgan fingerprint density at radius 2 is 2.00 bits per heavy atom. The van der Waals surface area contributed by atoms with E-state index in [0.717, 1.165) is 17.8 Å². The topological polar surface area (TPSA) is 41.1 Å². The van der Waals surface area contributed by atoms with Gasteiger partial charge in [-0.15, -0.1) is 0 Å².